The maximum Gasteiger partial charge on any atom is 0.231 e. The third kappa shape index (κ3) is 4.04. The van der Waals surface area contributed by atoms with Crippen molar-refractivity contribution in [2.24, 2.45) is 5.92 Å². The molecule has 6 nitrogen and oxygen atoms in total. The molecule has 0 aliphatic carbocycles. The van der Waals surface area contributed by atoms with E-state index in [4.69, 9.17) is 0 Å². The van der Waals surface area contributed by atoms with Crippen LogP contribution in [0.2, 0.25) is 0 Å². The van der Waals surface area contributed by atoms with Crippen molar-refractivity contribution >= 4 is 28.3 Å². The van der Waals surface area contributed by atoms with Gasteiger partial charge in [-0.05, 0) is 44.4 Å². The van der Waals surface area contributed by atoms with Crippen LogP contribution in [0.5, 0.6) is 0 Å². The van der Waals surface area contributed by atoms with Crippen LogP contribution in [0, 0.1) is 19.8 Å². The molecular weight excluding hydrogens is 370 g/mol. The van der Waals surface area contributed by atoms with Crippen LogP contribution in [0.25, 0.3) is 11.3 Å². The summed E-state index contributed by atoms with van der Waals surface area (Å²) < 4.78 is 0. The number of amides is 1. The summed E-state index contributed by atoms with van der Waals surface area (Å²) in [5, 5.41) is 5.66. The van der Waals surface area contributed by atoms with Crippen LogP contribution in [0.4, 0.5) is 11.1 Å². The van der Waals surface area contributed by atoms with Crippen molar-refractivity contribution in [3.63, 3.8) is 0 Å². The number of piperidine rings is 1. The Bertz CT molecular complexity index is 972. The highest BCUT2D eigenvalue weighted by atomic mass is 32.1. The average molecular weight is 394 g/mol. The topological polar surface area (TPSA) is 71.0 Å². The van der Waals surface area contributed by atoms with E-state index in [0.29, 0.717) is 17.6 Å². The molecule has 7 heteroatoms. The number of carbonyl (C=O) groups excluding carboxylic acids is 1. The molecule has 1 atom stereocenters. The van der Waals surface area contributed by atoms with Crippen molar-refractivity contribution in [1.29, 1.82) is 0 Å². The third-order valence-corrected chi connectivity index (χ3v) is 5.79. The number of benzene rings is 1. The molecule has 1 aliphatic rings. The Hall–Kier alpha value is -2.80. The van der Waals surface area contributed by atoms with Crippen molar-refractivity contribution in [1.82, 2.24) is 15.0 Å². The number of anilines is 2. The molecule has 1 fully saturated rings. The molecular formula is C21H23N5OS. The van der Waals surface area contributed by atoms with Crippen LogP contribution >= 0.6 is 11.3 Å². The summed E-state index contributed by atoms with van der Waals surface area (Å²) in [4.78, 5) is 28.1. The second-order valence-electron chi connectivity index (χ2n) is 7.18. The first-order chi connectivity index (χ1) is 13.6. The molecule has 144 valence electrons. The lowest BCUT2D eigenvalue weighted by Crippen LogP contribution is -2.41. The van der Waals surface area contributed by atoms with Gasteiger partial charge in [-0.1, -0.05) is 17.7 Å². The lowest BCUT2D eigenvalue weighted by molar-refractivity contribution is -0.120. The van der Waals surface area contributed by atoms with Crippen molar-refractivity contribution in [2.45, 2.75) is 26.7 Å². The SMILES string of the molecule is Cc1ccc(C)c(-c2csc(NC(=O)[C@@H]3CCCN(c4ncccn4)C3)n2)c1. The minimum atomic E-state index is -0.0920. The largest absolute Gasteiger partial charge is 0.340 e. The zero-order valence-corrected chi connectivity index (χ0v) is 16.9. The molecule has 0 bridgehead atoms. The van der Waals surface area contributed by atoms with E-state index in [2.05, 4.69) is 57.2 Å². The summed E-state index contributed by atoms with van der Waals surface area (Å²) in [6.07, 6.45) is 5.28. The van der Waals surface area contributed by atoms with Crippen LogP contribution < -0.4 is 10.2 Å². The molecule has 1 saturated heterocycles. The first-order valence-electron chi connectivity index (χ1n) is 9.46. The van der Waals surface area contributed by atoms with E-state index in [0.717, 1.165) is 30.6 Å². The summed E-state index contributed by atoms with van der Waals surface area (Å²) in [7, 11) is 0. The van der Waals surface area contributed by atoms with E-state index in [9.17, 15) is 4.79 Å². The first kappa shape index (κ1) is 18.6. The first-order valence-corrected chi connectivity index (χ1v) is 10.3. The highest BCUT2D eigenvalue weighted by molar-refractivity contribution is 7.14. The smallest absolute Gasteiger partial charge is 0.231 e. The number of hydrogen-bond acceptors (Lipinski definition) is 6. The van der Waals surface area contributed by atoms with Crippen LogP contribution in [-0.4, -0.2) is 33.9 Å². The zero-order chi connectivity index (χ0) is 19.5. The van der Waals surface area contributed by atoms with E-state index in [1.54, 1.807) is 18.5 Å². The van der Waals surface area contributed by atoms with Gasteiger partial charge in [0.05, 0.1) is 11.6 Å². The van der Waals surface area contributed by atoms with Gasteiger partial charge >= 0.3 is 0 Å². The van der Waals surface area contributed by atoms with Crippen LogP contribution in [-0.2, 0) is 4.79 Å². The number of nitrogens with one attached hydrogen (secondary N) is 1. The fraction of sp³-hybridized carbons (Fsp3) is 0.333. The van der Waals surface area contributed by atoms with Gasteiger partial charge in [0.15, 0.2) is 5.13 Å². The molecule has 0 saturated carbocycles. The van der Waals surface area contributed by atoms with E-state index in [1.807, 2.05) is 5.38 Å². The Morgan fingerprint density at radius 2 is 2.07 bits per heavy atom. The monoisotopic (exact) mass is 393 g/mol. The molecule has 2 aromatic heterocycles. The molecule has 1 aliphatic heterocycles. The standard InChI is InChI=1S/C21H23N5OS/c1-14-6-7-15(2)17(11-14)18-13-28-21(24-18)25-19(27)16-5-3-10-26(12-16)20-22-8-4-9-23-20/h4,6-9,11,13,16H,3,5,10,12H2,1-2H3,(H,24,25,27)/t16-/m1/s1. The Morgan fingerprint density at radius 3 is 2.89 bits per heavy atom. The molecule has 3 aromatic rings. The number of thiazole rings is 1. The molecule has 1 amide bonds. The zero-order valence-electron chi connectivity index (χ0n) is 16.1. The number of aryl methyl sites for hydroxylation is 2. The fourth-order valence-corrected chi connectivity index (χ4v) is 4.21. The predicted molar refractivity (Wildman–Crippen MR) is 113 cm³/mol. The second kappa shape index (κ2) is 8.06. The Balaban J connectivity index is 1.44. The molecule has 1 aromatic carbocycles. The minimum Gasteiger partial charge on any atom is -0.340 e. The van der Waals surface area contributed by atoms with E-state index in [1.165, 1.54) is 22.5 Å². The summed E-state index contributed by atoms with van der Waals surface area (Å²) in [5.41, 5.74) is 4.40. The van der Waals surface area contributed by atoms with Crippen molar-refractivity contribution in [3.8, 4) is 11.3 Å². The third-order valence-electron chi connectivity index (χ3n) is 5.03. The Kier molecular flexibility index (Phi) is 5.34. The number of carbonyl (C=O) groups is 1. The van der Waals surface area contributed by atoms with E-state index < -0.39 is 0 Å². The average Bonchev–Trinajstić information content (AvgIpc) is 3.19. The summed E-state index contributed by atoms with van der Waals surface area (Å²) >= 11 is 1.47. The molecule has 0 spiro atoms. The van der Waals surface area contributed by atoms with Crippen LogP contribution in [0.1, 0.15) is 24.0 Å². The van der Waals surface area contributed by atoms with Gasteiger partial charge in [0.2, 0.25) is 11.9 Å². The molecule has 0 radical (unpaired) electrons. The number of nitrogens with zero attached hydrogens (tertiary/aromatic N) is 4. The minimum absolute atomic E-state index is 0.0162. The highest BCUT2D eigenvalue weighted by Gasteiger charge is 2.27. The van der Waals surface area contributed by atoms with Crippen LogP contribution in [0.15, 0.2) is 42.0 Å². The number of rotatable bonds is 4. The van der Waals surface area contributed by atoms with Gasteiger partial charge in [-0.2, -0.15) is 0 Å². The van der Waals surface area contributed by atoms with Gasteiger partial charge in [0.25, 0.3) is 0 Å². The number of hydrogen-bond donors (Lipinski definition) is 1. The maximum absolute atomic E-state index is 12.8. The summed E-state index contributed by atoms with van der Waals surface area (Å²) in [5.74, 6) is 0.611. The normalized spacial score (nSPS) is 16.8. The van der Waals surface area contributed by atoms with E-state index >= 15 is 0 Å². The van der Waals surface area contributed by atoms with Gasteiger partial charge < -0.3 is 10.2 Å². The van der Waals surface area contributed by atoms with Gasteiger partial charge in [0, 0.05) is 36.4 Å². The molecule has 1 N–H and O–H groups in total. The fourth-order valence-electron chi connectivity index (χ4n) is 3.50. The van der Waals surface area contributed by atoms with E-state index in [-0.39, 0.29) is 11.8 Å². The lowest BCUT2D eigenvalue weighted by atomic mass is 9.97. The van der Waals surface area contributed by atoms with Gasteiger partial charge in [-0.25, -0.2) is 15.0 Å². The Labute approximate surface area is 168 Å². The molecule has 4 rings (SSSR count). The van der Waals surface area contributed by atoms with Crippen molar-refractivity contribution in [2.75, 3.05) is 23.3 Å². The molecule has 0 unspecified atom stereocenters. The van der Waals surface area contributed by atoms with Gasteiger partial charge in [-0.3, -0.25) is 4.79 Å². The second-order valence-corrected chi connectivity index (χ2v) is 8.04. The predicted octanol–water partition coefficient (Wildman–Crippen LogP) is 4.07. The van der Waals surface area contributed by atoms with Gasteiger partial charge in [-0.15, -0.1) is 11.3 Å². The quantitative estimate of drug-likeness (QED) is 0.723. The molecule has 28 heavy (non-hydrogen) atoms. The number of aromatic nitrogens is 3. The van der Waals surface area contributed by atoms with Crippen molar-refractivity contribution < 1.29 is 4.79 Å². The van der Waals surface area contributed by atoms with Gasteiger partial charge in [0.1, 0.15) is 0 Å². The molecule has 3 heterocycles. The highest BCUT2D eigenvalue weighted by Crippen LogP contribution is 2.29. The maximum atomic E-state index is 12.8. The summed E-state index contributed by atoms with van der Waals surface area (Å²) in [6.45, 7) is 5.66. The summed E-state index contributed by atoms with van der Waals surface area (Å²) in [6, 6.07) is 8.13. The Morgan fingerprint density at radius 1 is 1.25 bits per heavy atom. The lowest BCUT2D eigenvalue weighted by Gasteiger charge is -2.31. The van der Waals surface area contributed by atoms with Crippen molar-refractivity contribution in [3.05, 3.63) is 53.2 Å². The van der Waals surface area contributed by atoms with Crippen LogP contribution in [0.3, 0.4) is 0 Å².